The molecule has 27 heavy (non-hydrogen) atoms. The Morgan fingerprint density at radius 2 is 2.15 bits per heavy atom. The van der Waals surface area contributed by atoms with Crippen LogP contribution >= 0.6 is 15.9 Å². The average molecular weight is 435 g/mol. The van der Waals surface area contributed by atoms with Gasteiger partial charge >= 0.3 is 0 Å². The van der Waals surface area contributed by atoms with Crippen molar-refractivity contribution in [1.29, 1.82) is 0 Å². The molecule has 2 heterocycles. The van der Waals surface area contributed by atoms with Crippen molar-refractivity contribution < 1.29 is 0 Å². The minimum absolute atomic E-state index is 0.0697. The van der Waals surface area contributed by atoms with E-state index in [9.17, 15) is 4.79 Å². The Kier molecular flexibility index (Phi) is 6.71. The van der Waals surface area contributed by atoms with Gasteiger partial charge in [-0.05, 0) is 50.4 Å². The van der Waals surface area contributed by atoms with Crippen LogP contribution in [0.5, 0.6) is 0 Å². The van der Waals surface area contributed by atoms with Gasteiger partial charge in [-0.25, -0.2) is 4.98 Å². The van der Waals surface area contributed by atoms with Crippen molar-refractivity contribution in [2.24, 2.45) is 5.92 Å². The maximum Gasteiger partial charge on any atom is 0.261 e. The van der Waals surface area contributed by atoms with E-state index in [1.807, 2.05) is 30.5 Å². The van der Waals surface area contributed by atoms with Gasteiger partial charge < -0.3 is 5.32 Å². The molecule has 1 N–H and O–H groups in total. The number of fused-ring (bicyclic) bond motifs is 1. The highest BCUT2D eigenvalue weighted by atomic mass is 79.9. The summed E-state index contributed by atoms with van der Waals surface area (Å²) in [5.74, 6) is 1.51. The van der Waals surface area contributed by atoms with Gasteiger partial charge in [0.1, 0.15) is 5.82 Å². The van der Waals surface area contributed by atoms with Gasteiger partial charge in [0.05, 0.1) is 16.9 Å². The summed E-state index contributed by atoms with van der Waals surface area (Å²) in [6.07, 6.45) is 2.08. The molecule has 0 saturated carbocycles. The molecule has 0 bridgehead atoms. The van der Waals surface area contributed by atoms with Crippen LogP contribution in [0.1, 0.15) is 51.0 Å². The lowest BCUT2D eigenvalue weighted by Gasteiger charge is -2.32. The van der Waals surface area contributed by atoms with Crippen LogP contribution in [-0.4, -0.2) is 40.6 Å². The summed E-state index contributed by atoms with van der Waals surface area (Å²) in [4.78, 5) is 20.8. The summed E-state index contributed by atoms with van der Waals surface area (Å²) in [5.41, 5.74) is 1.98. The highest BCUT2D eigenvalue weighted by Gasteiger charge is 2.27. The molecular formula is C21H31BrN4O. The van der Waals surface area contributed by atoms with Crippen LogP contribution in [-0.2, 0) is 6.54 Å². The molecule has 0 radical (unpaired) electrons. The molecule has 2 aromatic rings. The lowest BCUT2D eigenvalue weighted by molar-refractivity contribution is 0.169. The molecule has 1 aliphatic heterocycles. The Labute approximate surface area is 170 Å². The fraction of sp³-hybridized carbons (Fsp3) is 0.619. The van der Waals surface area contributed by atoms with Crippen LogP contribution in [0.15, 0.2) is 21.4 Å². The Hall–Kier alpha value is -1.24. The maximum absolute atomic E-state index is 13.2. The number of rotatable bonds is 5. The second-order valence-corrected chi connectivity index (χ2v) is 8.60. The monoisotopic (exact) mass is 434 g/mol. The number of aryl methyl sites for hydroxylation is 1. The number of hydrogen-bond donors (Lipinski definition) is 1. The molecule has 1 saturated heterocycles. The van der Waals surface area contributed by atoms with Crippen molar-refractivity contribution in [2.45, 2.75) is 53.1 Å². The zero-order chi connectivity index (χ0) is 19.6. The van der Waals surface area contributed by atoms with Crippen molar-refractivity contribution in [3.05, 3.63) is 38.3 Å². The van der Waals surface area contributed by atoms with Crippen molar-refractivity contribution in [3.63, 3.8) is 0 Å². The molecule has 1 fully saturated rings. The SMILES string of the molecule is CCC[C@@H](c1nc2cc(C)c(Br)cc2c(=O)n1CC)N1CCNC[C@H](C)C1. The first-order valence-electron chi connectivity index (χ1n) is 10.1. The predicted molar refractivity (Wildman–Crippen MR) is 115 cm³/mol. The van der Waals surface area contributed by atoms with Crippen LogP contribution in [0.3, 0.4) is 0 Å². The largest absolute Gasteiger partial charge is 0.315 e. The van der Waals surface area contributed by atoms with Crippen LogP contribution in [0, 0.1) is 12.8 Å². The van der Waals surface area contributed by atoms with Crippen LogP contribution in [0.4, 0.5) is 0 Å². The Morgan fingerprint density at radius 3 is 2.85 bits per heavy atom. The molecule has 0 spiro atoms. The van der Waals surface area contributed by atoms with E-state index in [2.05, 4.69) is 40.0 Å². The van der Waals surface area contributed by atoms with E-state index < -0.39 is 0 Å². The lowest BCUT2D eigenvalue weighted by Crippen LogP contribution is -2.38. The van der Waals surface area contributed by atoms with Gasteiger partial charge in [-0.1, -0.05) is 36.2 Å². The van der Waals surface area contributed by atoms with Crippen LogP contribution < -0.4 is 10.9 Å². The van der Waals surface area contributed by atoms with Crippen LogP contribution in [0.2, 0.25) is 0 Å². The predicted octanol–water partition coefficient (Wildman–Crippen LogP) is 3.87. The molecule has 1 aliphatic rings. The number of nitrogens with zero attached hydrogens (tertiary/aromatic N) is 3. The molecule has 3 rings (SSSR count). The minimum atomic E-state index is 0.0697. The number of halogens is 1. The molecular weight excluding hydrogens is 404 g/mol. The van der Waals surface area contributed by atoms with Gasteiger partial charge in [-0.15, -0.1) is 0 Å². The van der Waals surface area contributed by atoms with Gasteiger partial charge in [0.15, 0.2) is 0 Å². The van der Waals surface area contributed by atoms with E-state index in [-0.39, 0.29) is 11.6 Å². The molecule has 2 atom stereocenters. The third-order valence-corrected chi connectivity index (χ3v) is 6.35. The van der Waals surface area contributed by atoms with E-state index in [1.165, 1.54) is 0 Å². The van der Waals surface area contributed by atoms with E-state index in [0.29, 0.717) is 17.8 Å². The van der Waals surface area contributed by atoms with Gasteiger partial charge in [-0.3, -0.25) is 14.3 Å². The zero-order valence-electron chi connectivity index (χ0n) is 16.9. The minimum Gasteiger partial charge on any atom is -0.315 e. The van der Waals surface area contributed by atoms with Crippen molar-refractivity contribution >= 4 is 26.8 Å². The van der Waals surface area contributed by atoms with Gasteiger partial charge in [0, 0.05) is 30.7 Å². The number of hydrogen-bond acceptors (Lipinski definition) is 4. The fourth-order valence-corrected chi connectivity index (χ4v) is 4.43. The summed E-state index contributed by atoms with van der Waals surface area (Å²) < 4.78 is 2.84. The van der Waals surface area contributed by atoms with E-state index in [1.54, 1.807) is 0 Å². The summed E-state index contributed by atoms with van der Waals surface area (Å²) in [7, 11) is 0. The summed E-state index contributed by atoms with van der Waals surface area (Å²) in [6, 6.07) is 4.13. The van der Waals surface area contributed by atoms with E-state index in [0.717, 1.165) is 60.4 Å². The molecule has 0 amide bonds. The first kappa shape index (κ1) is 20.5. The quantitative estimate of drug-likeness (QED) is 0.775. The van der Waals surface area contributed by atoms with Gasteiger partial charge in [0.2, 0.25) is 0 Å². The standard InChI is InChI=1S/C21H31BrN4O/c1-5-7-19(25-9-8-23-12-14(3)13-25)20-24-18-10-15(4)17(22)11-16(18)21(27)26(20)6-2/h10-11,14,19,23H,5-9,12-13H2,1-4H3/t14-,19-/m0/s1. The number of aromatic nitrogens is 2. The first-order valence-corrected chi connectivity index (χ1v) is 10.9. The Bertz CT molecular complexity index is 863. The van der Waals surface area contributed by atoms with Gasteiger partial charge in [-0.2, -0.15) is 0 Å². The highest BCUT2D eigenvalue weighted by Crippen LogP contribution is 2.28. The average Bonchev–Trinajstić information content (AvgIpc) is 2.85. The Morgan fingerprint density at radius 1 is 1.37 bits per heavy atom. The summed E-state index contributed by atoms with van der Waals surface area (Å²) in [5, 5.41) is 4.22. The Balaban J connectivity index is 2.16. The van der Waals surface area contributed by atoms with E-state index >= 15 is 0 Å². The third kappa shape index (κ3) is 4.28. The number of benzene rings is 1. The summed E-state index contributed by atoms with van der Waals surface area (Å²) >= 11 is 3.56. The molecule has 6 heteroatoms. The fourth-order valence-electron chi connectivity index (χ4n) is 4.08. The highest BCUT2D eigenvalue weighted by molar-refractivity contribution is 9.10. The van der Waals surface area contributed by atoms with Crippen molar-refractivity contribution in [1.82, 2.24) is 19.8 Å². The maximum atomic E-state index is 13.2. The molecule has 1 aromatic carbocycles. The second kappa shape index (κ2) is 8.84. The molecule has 0 unspecified atom stereocenters. The zero-order valence-corrected chi connectivity index (χ0v) is 18.5. The second-order valence-electron chi connectivity index (χ2n) is 7.75. The lowest BCUT2D eigenvalue weighted by atomic mass is 10.1. The molecule has 0 aliphatic carbocycles. The first-order chi connectivity index (χ1) is 13.0. The van der Waals surface area contributed by atoms with E-state index in [4.69, 9.17) is 4.98 Å². The number of nitrogens with one attached hydrogen (secondary N) is 1. The van der Waals surface area contributed by atoms with Gasteiger partial charge in [0.25, 0.3) is 5.56 Å². The van der Waals surface area contributed by atoms with Crippen molar-refractivity contribution in [2.75, 3.05) is 26.2 Å². The normalized spacial score (nSPS) is 20.0. The van der Waals surface area contributed by atoms with Crippen molar-refractivity contribution in [3.8, 4) is 0 Å². The molecule has 148 valence electrons. The summed E-state index contributed by atoms with van der Waals surface area (Å²) in [6.45, 7) is 13.3. The topological polar surface area (TPSA) is 50.2 Å². The molecule has 5 nitrogen and oxygen atoms in total. The smallest absolute Gasteiger partial charge is 0.261 e. The van der Waals surface area contributed by atoms with Crippen LogP contribution in [0.25, 0.3) is 10.9 Å². The molecule has 1 aromatic heterocycles. The third-order valence-electron chi connectivity index (χ3n) is 5.50.